The van der Waals surface area contributed by atoms with Gasteiger partial charge in [0.1, 0.15) is 17.8 Å². The van der Waals surface area contributed by atoms with Crippen molar-refractivity contribution in [2.75, 3.05) is 11.9 Å². The smallest absolute Gasteiger partial charge is 0.341 e. The number of nitrogens with one attached hydrogen (secondary N) is 1. The third-order valence-electron chi connectivity index (χ3n) is 4.85. The van der Waals surface area contributed by atoms with E-state index >= 15 is 0 Å². The van der Waals surface area contributed by atoms with Crippen LogP contribution in [0.1, 0.15) is 28.2 Å². The van der Waals surface area contributed by atoms with Crippen LogP contribution < -0.4 is 10.1 Å². The van der Waals surface area contributed by atoms with Gasteiger partial charge in [0.05, 0.1) is 0 Å². The third kappa shape index (κ3) is 5.47. The van der Waals surface area contributed by atoms with Gasteiger partial charge < -0.3 is 19.7 Å². The normalized spacial score (nSPS) is 11.8. The number of thioether (sulfide) groups is 1. The first-order valence-electron chi connectivity index (χ1n) is 10.1. The van der Waals surface area contributed by atoms with Gasteiger partial charge in [-0.25, -0.2) is 4.79 Å². The second kappa shape index (κ2) is 9.70. The van der Waals surface area contributed by atoms with E-state index in [1.807, 2.05) is 35.9 Å². The minimum absolute atomic E-state index is 0.104. The Labute approximate surface area is 193 Å². The molecule has 33 heavy (non-hydrogen) atoms. The molecule has 2 aromatic heterocycles. The van der Waals surface area contributed by atoms with E-state index in [2.05, 4.69) is 27.4 Å². The third-order valence-corrected chi connectivity index (χ3v) is 6.06. The van der Waals surface area contributed by atoms with Gasteiger partial charge in [0.15, 0.2) is 11.8 Å². The number of amides is 1. The topological polar surface area (TPSA) is 119 Å². The maximum atomic E-state index is 12.8. The summed E-state index contributed by atoms with van der Waals surface area (Å²) in [7, 11) is 1.89. The average molecular weight is 464 g/mol. The highest BCUT2D eigenvalue weighted by Gasteiger charge is 2.14. The van der Waals surface area contributed by atoms with Crippen molar-refractivity contribution in [1.82, 2.24) is 19.7 Å². The summed E-state index contributed by atoms with van der Waals surface area (Å²) in [5.74, 6) is -1.000. The predicted molar refractivity (Wildman–Crippen MR) is 125 cm³/mol. The maximum absolute atomic E-state index is 12.8. The second-order valence-corrected chi connectivity index (χ2v) is 8.63. The van der Waals surface area contributed by atoms with E-state index in [0.29, 0.717) is 11.4 Å². The van der Waals surface area contributed by atoms with Gasteiger partial charge in [-0.1, -0.05) is 23.9 Å². The Bertz CT molecular complexity index is 1320. The summed E-state index contributed by atoms with van der Waals surface area (Å²) < 4.78 is 7.08. The number of aryl methyl sites for hydroxylation is 1. The number of hydrogen-bond donors (Lipinski definition) is 2. The van der Waals surface area contributed by atoms with Gasteiger partial charge in [-0.05, 0) is 54.3 Å². The number of carbonyl (C=O) groups is 2. The zero-order valence-electron chi connectivity index (χ0n) is 17.9. The number of aliphatic carboxylic acids is 1. The number of nitrogens with zero attached hydrogens (tertiary/aromatic N) is 4. The van der Waals surface area contributed by atoms with Crippen molar-refractivity contribution < 1.29 is 19.4 Å². The minimum atomic E-state index is -1.06. The van der Waals surface area contributed by atoms with Gasteiger partial charge in [0.2, 0.25) is 0 Å². The molecule has 0 unspecified atom stereocenters. The number of carbonyl (C=O) groups excluding carboxylic acids is 1. The van der Waals surface area contributed by atoms with Crippen molar-refractivity contribution in [2.45, 2.75) is 17.3 Å². The van der Waals surface area contributed by atoms with Crippen LogP contribution in [0.4, 0.5) is 5.69 Å². The summed E-state index contributed by atoms with van der Waals surface area (Å²) in [6.07, 6.45) is 3.25. The number of fused-ring (bicyclic) bond motifs is 1. The van der Waals surface area contributed by atoms with Gasteiger partial charge in [-0.15, -0.1) is 10.2 Å². The van der Waals surface area contributed by atoms with Crippen LogP contribution in [0.15, 0.2) is 66.2 Å². The molecule has 0 fully saturated rings. The van der Waals surface area contributed by atoms with Crippen molar-refractivity contribution in [3.05, 3.63) is 72.3 Å². The minimum Gasteiger partial charge on any atom is -0.482 e. The first kappa shape index (κ1) is 22.3. The number of ether oxygens (including phenoxy) is 1. The highest BCUT2D eigenvalue weighted by Crippen LogP contribution is 2.34. The van der Waals surface area contributed by atoms with Gasteiger partial charge in [-0.2, -0.15) is 0 Å². The average Bonchev–Trinajstić information content (AvgIpc) is 3.21. The van der Waals surface area contributed by atoms with E-state index in [1.54, 1.807) is 48.6 Å². The van der Waals surface area contributed by atoms with Gasteiger partial charge >= 0.3 is 5.97 Å². The molecular formula is C23H21N5O4S. The Morgan fingerprint density at radius 1 is 1.18 bits per heavy atom. The molecule has 2 aromatic carbocycles. The lowest BCUT2D eigenvalue weighted by atomic mass is 10.1. The van der Waals surface area contributed by atoms with Crippen LogP contribution in [0.3, 0.4) is 0 Å². The maximum Gasteiger partial charge on any atom is 0.341 e. The molecule has 168 valence electrons. The van der Waals surface area contributed by atoms with E-state index in [9.17, 15) is 9.59 Å². The van der Waals surface area contributed by atoms with Crippen LogP contribution in [-0.2, 0) is 11.8 Å². The lowest BCUT2D eigenvalue weighted by Gasteiger charge is -2.13. The van der Waals surface area contributed by atoms with Crippen molar-refractivity contribution in [2.24, 2.45) is 7.05 Å². The molecule has 0 aliphatic carbocycles. The monoisotopic (exact) mass is 463 g/mol. The van der Waals surface area contributed by atoms with Gasteiger partial charge in [0, 0.05) is 29.6 Å². The first-order chi connectivity index (χ1) is 15.9. The lowest BCUT2D eigenvalue weighted by Crippen LogP contribution is -2.13. The van der Waals surface area contributed by atoms with Crippen molar-refractivity contribution in [3.63, 3.8) is 0 Å². The molecule has 1 amide bonds. The van der Waals surface area contributed by atoms with Crippen LogP contribution in [0.5, 0.6) is 5.75 Å². The molecule has 0 radical (unpaired) electrons. The lowest BCUT2D eigenvalue weighted by molar-refractivity contribution is -0.139. The van der Waals surface area contributed by atoms with Crippen LogP contribution in [-0.4, -0.2) is 43.3 Å². The summed E-state index contributed by atoms with van der Waals surface area (Å²) in [5, 5.41) is 22.1. The molecule has 4 rings (SSSR count). The van der Waals surface area contributed by atoms with Crippen molar-refractivity contribution >= 4 is 40.1 Å². The van der Waals surface area contributed by atoms with E-state index in [4.69, 9.17) is 9.84 Å². The number of aromatic nitrogens is 4. The molecule has 0 spiro atoms. The highest BCUT2D eigenvalue weighted by atomic mass is 32.2. The molecule has 9 nitrogen and oxygen atoms in total. The largest absolute Gasteiger partial charge is 0.482 e. The molecule has 2 heterocycles. The zero-order chi connectivity index (χ0) is 23.4. The molecule has 2 N–H and O–H groups in total. The molecular weight excluding hydrogens is 442 g/mol. The standard InChI is InChI=1S/C23H21N5O4S/c1-14(33-23-27-25-13-28(23)2)15-4-3-5-18(8-15)26-22(31)20-10-17-9-19(32-12-21(29)30)7-6-16(17)11-24-20/h3-11,13-14H,12H2,1-2H3,(H,26,31)(H,29,30)/t14-/m0/s1. The molecule has 0 aliphatic rings. The number of anilines is 1. The summed E-state index contributed by atoms with van der Waals surface area (Å²) >= 11 is 1.58. The van der Waals surface area contributed by atoms with Crippen LogP contribution in [0, 0.1) is 0 Å². The SMILES string of the molecule is C[C@H](Sc1nncn1C)c1cccc(NC(=O)c2cc3cc(OCC(=O)O)ccc3cn2)c1. The molecule has 10 heteroatoms. The summed E-state index contributed by atoms with van der Waals surface area (Å²) in [6, 6.07) is 14.4. The number of carboxylic acid groups (broad SMARTS) is 1. The summed E-state index contributed by atoms with van der Waals surface area (Å²) in [6.45, 7) is 1.63. The van der Waals surface area contributed by atoms with Crippen LogP contribution in [0.2, 0.25) is 0 Å². The number of hydrogen-bond acceptors (Lipinski definition) is 7. The highest BCUT2D eigenvalue weighted by molar-refractivity contribution is 7.99. The zero-order valence-corrected chi connectivity index (χ0v) is 18.7. The fraction of sp³-hybridized carbons (Fsp3) is 0.174. The molecule has 0 saturated carbocycles. The second-order valence-electron chi connectivity index (χ2n) is 7.32. The molecule has 4 aromatic rings. The van der Waals surface area contributed by atoms with Crippen LogP contribution >= 0.6 is 11.8 Å². The predicted octanol–water partition coefficient (Wildman–Crippen LogP) is 3.93. The number of benzene rings is 2. The number of carboxylic acids is 1. The Kier molecular flexibility index (Phi) is 6.55. The fourth-order valence-electron chi connectivity index (χ4n) is 3.15. The molecule has 0 bridgehead atoms. The van der Waals surface area contributed by atoms with E-state index in [0.717, 1.165) is 21.5 Å². The number of pyridine rings is 1. The van der Waals surface area contributed by atoms with Crippen LogP contribution in [0.25, 0.3) is 10.8 Å². The first-order valence-corrected chi connectivity index (χ1v) is 10.9. The van der Waals surface area contributed by atoms with Gasteiger partial charge in [-0.3, -0.25) is 9.78 Å². The van der Waals surface area contributed by atoms with E-state index < -0.39 is 12.6 Å². The molecule has 0 aliphatic heterocycles. The fourth-order valence-corrected chi connectivity index (χ4v) is 4.05. The van der Waals surface area contributed by atoms with Crippen molar-refractivity contribution in [1.29, 1.82) is 0 Å². The summed E-state index contributed by atoms with van der Waals surface area (Å²) in [4.78, 5) is 27.8. The Morgan fingerprint density at radius 3 is 2.79 bits per heavy atom. The van der Waals surface area contributed by atoms with E-state index in [-0.39, 0.29) is 16.9 Å². The number of rotatable bonds is 8. The molecule has 1 atom stereocenters. The molecule has 0 saturated heterocycles. The Hall–Kier alpha value is -3.92. The van der Waals surface area contributed by atoms with Gasteiger partial charge in [0.25, 0.3) is 5.91 Å². The summed E-state index contributed by atoms with van der Waals surface area (Å²) in [5.41, 5.74) is 1.93. The Morgan fingerprint density at radius 2 is 2.03 bits per heavy atom. The Balaban J connectivity index is 1.48. The van der Waals surface area contributed by atoms with Crippen molar-refractivity contribution in [3.8, 4) is 5.75 Å². The quantitative estimate of drug-likeness (QED) is 0.377. The van der Waals surface area contributed by atoms with E-state index in [1.165, 1.54) is 0 Å².